The van der Waals surface area contributed by atoms with Crippen molar-refractivity contribution in [1.29, 1.82) is 0 Å². The molecule has 3 aromatic rings. The number of imide groups is 2. The predicted molar refractivity (Wildman–Crippen MR) is 134 cm³/mol. The van der Waals surface area contributed by atoms with Crippen LogP contribution in [0.25, 0.3) is 6.08 Å². The van der Waals surface area contributed by atoms with E-state index in [-0.39, 0.29) is 5.57 Å². The number of benzene rings is 2. The van der Waals surface area contributed by atoms with Gasteiger partial charge in [-0.1, -0.05) is 55.2 Å². The summed E-state index contributed by atoms with van der Waals surface area (Å²) in [5.41, 5.74) is 2.93. The van der Waals surface area contributed by atoms with Gasteiger partial charge in [-0.3, -0.25) is 14.9 Å². The minimum Gasteiger partial charge on any atom is -0.344 e. The van der Waals surface area contributed by atoms with E-state index in [0.29, 0.717) is 33.9 Å². The average molecular weight is 496 g/mol. The fourth-order valence-corrected chi connectivity index (χ4v) is 4.09. The summed E-state index contributed by atoms with van der Waals surface area (Å²) in [5, 5.41) is 3.18. The zero-order chi connectivity index (χ0) is 24.4. The van der Waals surface area contributed by atoms with Crippen molar-refractivity contribution >= 4 is 52.8 Å². The summed E-state index contributed by atoms with van der Waals surface area (Å²) in [6.45, 7) is 4.67. The maximum absolute atomic E-state index is 13.2. The van der Waals surface area contributed by atoms with Gasteiger partial charge in [0.1, 0.15) is 5.57 Å². The van der Waals surface area contributed by atoms with Gasteiger partial charge in [0.05, 0.1) is 15.7 Å². The molecule has 2 aromatic carbocycles. The van der Waals surface area contributed by atoms with Crippen molar-refractivity contribution in [1.82, 2.24) is 9.88 Å². The van der Waals surface area contributed by atoms with E-state index in [1.54, 1.807) is 30.3 Å². The topological polar surface area (TPSA) is 71.4 Å². The molecule has 2 heterocycles. The highest BCUT2D eigenvalue weighted by Crippen LogP contribution is 2.26. The Kier molecular flexibility index (Phi) is 6.91. The molecular formula is C26H23Cl2N3O3. The van der Waals surface area contributed by atoms with Gasteiger partial charge >= 0.3 is 6.03 Å². The number of hydrogen-bond donors (Lipinski definition) is 1. The number of carbonyl (C=O) groups excluding carboxylic acids is 3. The molecule has 1 aromatic heterocycles. The normalized spacial score (nSPS) is 16.2. The molecule has 1 N–H and O–H groups in total. The van der Waals surface area contributed by atoms with Gasteiger partial charge in [-0.05, 0) is 65.9 Å². The van der Waals surface area contributed by atoms with Crippen LogP contribution >= 0.6 is 23.2 Å². The molecule has 34 heavy (non-hydrogen) atoms. The first-order valence-electron chi connectivity index (χ1n) is 10.9. The second-order valence-electron chi connectivity index (χ2n) is 8.17. The fourth-order valence-electron chi connectivity index (χ4n) is 3.76. The van der Waals surface area contributed by atoms with Crippen molar-refractivity contribution in [2.45, 2.75) is 32.7 Å². The lowest BCUT2D eigenvalue weighted by Crippen LogP contribution is -2.54. The molecule has 0 aliphatic carbocycles. The van der Waals surface area contributed by atoms with Crippen molar-refractivity contribution in [2.75, 3.05) is 4.90 Å². The molecule has 0 spiro atoms. The minimum absolute atomic E-state index is 0.125. The fraction of sp³-hybridized carbons (Fsp3) is 0.192. The van der Waals surface area contributed by atoms with Gasteiger partial charge in [0.25, 0.3) is 11.8 Å². The third kappa shape index (κ3) is 4.79. The largest absolute Gasteiger partial charge is 0.344 e. The summed E-state index contributed by atoms with van der Waals surface area (Å²) in [7, 11) is 0. The van der Waals surface area contributed by atoms with Gasteiger partial charge in [-0.2, -0.15) is 0 Å². The summed E-state index contributed by atoms with van der Waals surface area (Å²) in [4.78, 5) is 39.3. The van der Waals surface area contributed by atoms with E-state index in [9.17, 15) is 14.4 Å². The second-order valence-corrected chi connectivity index (χ2v) is 8.98. The second kappa shape index (κ2) is 9.87. The molecule has 6 nitrogen and oxygen atoms in total. The highest BCUT2D eigenvalue weighted by molar-refractivity contribution is 6.42. The van der Waals surface area contributed by atoms with Crippen molar-refractivity contribution in [3.05, 3.63) is 93.2 Å². The summed E-state index contributed by atoms with van der Waals surface area (Å²) in [6, 6.07) is 15.4. The number of rotatable bonds is 6. The van der Waals surface area contributed by atoms with Gasteiger partial charge in [-0.15, -0.1) is 0 Å². The Morgan fingerprint density at radius 3 is 2.41 bits per heavy atom. The maximum Gasteiger partial charge on any atom is 0.335 e. The number of barbiturate groups is 1. The van der Waals surface area contributed by atoms with Crippen LogP contribution in [0, 0.1) is 0 Å². The van der Waals surface area contributed by atoms with E-state index in [4.69, 9.17) is 23.2 Å². The number of nitrogens with one attached hydrogen (secondary N) is 1. The Bertz CT molecular complexity index is 1290. The van der Waals surface area contributed by atoms with Crippen LogP contribution in [-0.4, -0.2) is 22.4 Å². The number of nitrogens with zero attached hydrogens (tertiary/aromatic N) is 2. The lowest BCUT2D eigenvalue weighted by molar-refractivity contribution is -0.122. The molecule has 1 aliphatic heterocycles. The number of halogens is 2. The number of amides is 4. The Morgan fingerprint density at radius 1 is 1.00 bits per heavy atom. The molecule has 1 atom stereocenters. The van der Waals surface area contributed by atoms with E-state index < -0.39 is 17.8 Å². The Labute approximate surface area is 207 Å². The summed E-state index contributed by atoms with van der Waals surface area (Å²) >= 11 is 12.1. The summed E-state index contributed by atoms with van der Waals surface area (Å²) < 4.78 is 1.87. The van der Waals surface area contributed by atoms with Crippen LogP contribution < -0.4 is 10.2 Å². The lowest BCUT2D eigenvalue weighted by Gasteiger charge is -2.26. The highest BCUT2D eigenvalue weighted by atomic mass is 35.5. The first-order valence-corrected chi connectivity index (χ1v) is 11.6. The summed E-state index contributed by atoms with van der Waals surface area (Å²) in [6.07, 6.45) is 4.30. The first-order chi connectivity index (χ1) is 16.3. The standard InChI is InChI=1S/C26H23Cl2N3O3/c1-3-16(2)18-7-9-19(10-8-18)31-25(33)21(24(32)29-26(31)34)14-20-5-4-12-30(20)15-17-6-11-22(27)23(28)13-17/h4-14,16H,3,15H2,1-2H3,(H,29,32,34)/b21-14-. The van der Waals surface area contributed by atoms with Crippen molar-refractivity contribution in [2.24, 2.45) is 0 Å². The van der Waals surface area contributed by atoms with Crippen molar-refractivity contribution in [3.8, 4) is 0 Å². The van der Waals surface area contributed by atoms with Crippen LogP contribution in [0.15, 0.2) is 66.4 Å². The molecule has 4 rings (SSSR count). The van der Waals surface area contributed by atoms with E-state index >= 15 is 0 Å². The summed E-state index contributed by atoms with van der Waals surface area (Å²) in [5.74, 6) is -1.04. The number of aromatic nitrogens is 1. The van der Waals surface area contributed by atoms with E-state index in [2.05, 4.69) is 19.2 Å². The van der Waals surface area contributed by atoms with Crippen LogP contribution in [-0.2, 0) is 16.1 Å². The molecule has 1 fully saturated rings. The number of hydrogen-bond acceptors (Lipinski definition) is 3. The molecule has 0 saturated carbocycles. The predicted octanol–water partition coefficient (Wildman–Crippen LogP) is 6.02. The van der Waals surface area contributed by atoms with Crippen LogP contribution in [0.3, 0.4) is 0 Å². The van der Waals surface area contributed by atoms with Gasteiger partial charge in [0, 0.05) is 18.4 Å². The Hall–Kier alpha value is -3.35. The number of urea groups is 1. The molecular weight excluding hydrogens is 473 g/mol. The van der Waals surface area contributed by atoms with Gasteiger partial charge in [-0.25, -0.2) is 9.69 Å². The third-order valence-corrected chi connectivity index (χ3v) is 6.67. The van der Waals surface area contributed by atoms with Gasteiger partial charge in [0.15, 0.2) is 0 Å². The highest BCUT2D eigenvalue weighted by Gasteiger charge is 2.37. The molecule has 0 radical (unpaired) electrons. The van der Waals surface area contributed by atoms with E-state index in [0.717, 1.165) is 22.4 Å². The smallest absolute Gasteiger partial charge is 0.335 e. The third-order valence-electron chi connectivity index (χ3n) is 5.93. The minimum atomic E-state index is -0.769. The van der Waals surface area contributed by atoms with Crippen LogP contribution in [0.2, 0.25) is 10.0 Å². The molecule has 1 saturated heterocycles. The first kappa shape index (κ1) is 23.8. The Balaban J connectivity index is 1.63. The van der Waals surface area contributed by atoms with Crippen LogP contribution in [0.5, 0.6) is 0 Å². The molecule has 1 unspecified atom stereocenters. The lowest BCUT2D eigenvalue weighted by atomic mass is 9.98. The van der Waals surface area contributed by atoms with Crippen LogP contribution in [0.1, 0.15) is 43.0 Å². The molecule has 1 aliphatic rings. The monoisotopic (exact) mass is 495 g/mol. The van der Waals surface area contributed by atoms with E-state index in [1.807, 2.05) is 35.0 Å². The number of carbonyl (C=O) groups is 3. The number of anilines is 1. The average Bonchev–Trinajstić information content (AvgIpc) is 3.25. The molecule has 0 bridgehead atoms. The van der Waals surface area contributed by atoms with Gasteiger partial charge in [0.2, 0.25) is 0 Å². The molecule has 174 valence electrons. The van der Waals surface area contributed by atoms with Crippen LogP contribution in [0.4, 0.5) is 10.5 Å². The maximum atomic E-state index is 13.2. The van der Waals surface area contributed by atoms with Gasteiger partial charge < -0.3 is 4.57 Å². The molecule has 8 heteroatoms. The molecule has 4 amide bonds. The zero-order valence-electron chi connectivity index (χ0n) is 18.7. The zero-order valence-corrected chi connectivity index (χ0v) is 20.2. The SMILES string of the molecule is CCC(C)c1ccc(N2C(=O)NC(=O)/C(=C/c3cccn3Cc3ccc(Cl)c(Cl)c3)C2=O)cc1. The van der Waals surface area contributed by atoms with Crippen molar-refractivity contribution < 1.29 is 14.4 Å². The Morgan fingerprint density at radius 2 is 1.74 bits per heavy atom. The quantitative estimate of drug-likeness (QED) is 0.335. The van der Waals surface area contributed by atoms with E-state index in [1.165, 1.54) is 6.08 Å². The van der Waals surface area contributed by atoms with Crippen molar-refractivity contribution in [3.63, 3.8) is 0 Å².